The van der Waals surface area contributed by atoms with Gasteiger partial charge in [-0.3, -0.25) is 24.5 Å². The number of Topliss-reactive ketones (excluding diaryl/α,β-unsaturated/α-hetero) is 1. The minimum absolute atomic E-state index is 0.0508. The second kappa shape index (κ2) is 7.36. The number of carbonyl (C=O) groups is 3. The summed E-state index contributed by atoms with van der Waals surface area (Å²) in [5, 5.41) is 13.5. The normalized spacial score (nSPS) is 16.3. The van der Waals surface area contributed by atoms with Crippen molar-refractivity contribution in [3.8, 4) is 0 Å². The Morgan fingerprint density at radius 2 is 1.89 bits per heavy atom. The molecule has 0 bridgehead atoms. The molecule has 2 aromatic rings. The molecule has 1 heterocycles. The van der Waals surface area contributed by atoms with Gasteiger partial charge in [-0.05, 0) is 31.2 Å². The number of hydrogen-bond acceptors (Lipinski definition) is 5. The first-order valence-corrected chi connectivity index (χ1v) is 8.32. The Balaban J connectivity index is 1.69. The van der Waals surface area contributed by atoms with Crippen molar-refractivity contribution in [3.63, 3.8) is 0 Å². The Hall–Kier alpha value is -3.55. The van der Waals surface area contributed by atoms with Crippen LogP contribution in [0.3, 0.4) is 0 Å². The van der Waals surface area contributed by atoms with E-state index in [4.69, 9.17) is 0 Å². The molecule has 0 saturated carbocycles. The molecule has 3 rings (SSSR count). The summed E-state index contributed by atoms with van der Waals surface area (Å²) in [6, 6.07) is 12.2. The third-order valence-corrected chi connectivity index (χ3v) is 4.40. The molecule has 8 nitrogen and oxygen atoms in total. The molecule has 0 unspecified atom stereocenters. The summed E-state index contributed by atoms with van der Waals surface area (Å²) in [6.45, 7) is 1.63. The van der Waals surface area contributed by atoms with Gasteiger partial charge in [0, 0.05) is 42.0 Å². The van der Waals surface area contributed by atoms with E-state index < -0.39 is 10.8 Å². The van der Waals surface area contributed by atoms with Crippen LogP contribution in [-0.4, -0.2) is 29.1 Å². The molecule has 0 aliphatic carbocycles. The van der Waals surface area contributed by atoms with E-state index in [-0.39, 0.29) is 36.3 Å². The average Bonchev–Trinajstić information content (AvgIpc) is 3.04. The Morgan fingerprint density at radius 3 is 2.52 bits per heavy atom. The molecule has 1 atom stereocenters. The van der Waals surface area contributed by atoms with Gasteiger partial charge in [0.05, 0.1) is 10.8 Å². The summed E-state index contributed by atoms with van der Waals surface area (Å²) < 4.78 is 0. The summed E-state index contributed by atoms with van der Waals surface area (Å²) >= 11 is 0. The van der Waals surface area contributed by atoms with Crippen molar-refractivity contribution in [2.75, 3.05) is 16.8 Å². The van der Waals surface area contributed by atoms with Gasteiger partial charge in [0.1, 0.15) is 0 Å². The van der Waals surface area contributed by atoms with Gasteiger partial charge < -0.3 is 10.2 Å². The second-order valence-electron chi connectivity index (χ2n) is 6.31. The van der Waals surface area contributed by atoms with E-state index in [1.54, 1.807) is 24.3 Å². The van der Waals surface area contributed by atoms with Crippen LogP contribution in [0, 0.1) is 16.0 Å². The van der Waals surface area contributed by atoms with Crippen LogP contribution < -0.4 is 10.2 Å². The molecule has 2 amide bonds. The van der Waals surface area contributed by atoms with Crippen molar-refractivity contribution in [2.24, 2.45) is 5.92 Å². The molecule has 138 valence electrons. The van der Waals surface area contributed by atoms with Crippen molar-refractivity contribution >= 4 is 34.7 Å². The number of non-ortho nitro benzene ring substituents is 1. The van der Waals surface area contributed by atoms with Gasteiger partial charge in [-0.2, -0.15) is 0 Å². The van der Waals surface area contributed by atoms with Gasteiger partial charge in [-0.1, -0.05) is 12.1 Å². The molecule has 27 heavy (non-hydrogen) atoms. The highest BCUT2D eigenvalue weighted by molar-refractivity contribution is 6.04. The van der Waals surface area contributed by atoms with Crippen molar-refractivity contribution in [1.82, 2.24) is 0 Å². The van der Waals surface area contributed by atoms with Crippen LogP contribution >= 0.6 is 0 Å². The smallest absolute Gasteiger partial charge is 0.269 e. The topological polar surface area (TPSA) is 110 Å². The van der Waals surface area contributed by atoms with Crippen LogP contribution in [0.1, 0.15) is 23.7 Å². The third kappa shape index (κ3) is 4.00. The number of benzene rings is 2. The van der Waals surface area contributed by atoms with Crippen LogP contribution in [0.15, 0.2) is 48.5 Å². The lowest BCUT2D eigenvalue weighted by molar-refractivity contribution is -0.384. The van der Waals surface area contributed by atoms with Gasteiger partial charge in [0.15, 0.2) is 5.78 Å². The van der Waals surface area contributed by atoms with Crippen molar-refractivity contribution in [2.45, 2.75) is 13.3 Å². The van der Waals surface area contributed by atoms with Crippen LogP contribution in [-0.2, 0) is 9.59 Å². The third-order valence-electron chi connectivity index (χ3n) is 4.40. The number of carbonyl (C=O) groups excluding carboxylic acids is 3. The molecule has 1 N–H and O–H groups in total. The molecule has 1 saturated heterocycles. The minimum atomic E-state index is -0.548. The number of nitro benzene ring substituents is 1. The number of nitrogens with zero attached hydrogens (tertiary/aromatic N) is 2. The second-order valence-corrected chi connectivity index (χ2v) is 6.31. The fourth-order valence-electron chi connectivity index (χ4n) is 2.95. The van der Waals surface area contributed by atoms with E-state index in [0.717, 1.165) is 0 Å². The number of anilines is 2. The van der Waals surface area contributed by atoms with Crippen molar-refractivity contribution in [3.05, 3.63) is 64.2 Å². The molecule has 1 fully saturated rings. The first-order chi connectivity index (χ1) is 12.8. The molecule has 0 radical (unpaired) electrons. The maximum atomic E-state index is 12.5. The average molecular weight is 367 g/mol. The number of ketones is 1. The van der Waals surface area contributed by atoms with E-state index in [1.807, 2.05) is 0 Å². The van der Waals surface area contributed by atoms with E-state index in [2.05, 4.69) is 5.32 Å². The lowest BCUT2D eigenvalue weighted by Crippen LogP contribution is -2.28. The molecule has 0 spiro atoms. The summed E-state index contributed by atoms with van der Waals surface area (Å²) in [7, 11) is 0. The van der Waals surface area contributed by atoms with Crippen LogP contribution in [0.5, 0.6) is 0 Å². The van der Waals surface area contributed by atoms with Crippen molar-refractivity contribution < 1.29 is 19.3 Å². The predicted octanol–water partition coefficient (Wildman–Crippen LogP) is 2.79. The maximum Gasteiger partial charge on any atom is 0.269 e. The monoisotopic (exact) mass is 367 g/mol. The zero-order valence-electron chi connectivity index (χ0n) is 14.5. The summed E-state index contributed by atoms with van der Waals surface area (Å²) in [5.74, 6) is -1.19. The summed E-state index contributed by atoms with van der Waals surface area (Å²) in [5.41, 5.74) is 1.43. The largest absolute Gasteiger partial charge is 0.326 e. The zero-order valence-corrected chi connectivity index (χ0v) is 14.5. The SMILES string of the molecule is CC(=O)c1cccc(NC(=O)[C@@H]2CC(=O)N(c3ccc([N+](=O)[O-])cc3)C2)c1. The number of nitro groups is 1. The molecule has 0 aromatic heterocycles. The molecular weight excluding hydrogens is 350 g/mol. The Labute approximate surface area is 154 Å². The number of hydrogen-bond donors (Lipinski definition) is 1. The number of amides is 2. The maximum absolute atomic E-state index is 12.5. The quantitative estimate of drug-likeness (QED) is 0.496. The Kier molecular flexibility index (Phi) is 4.98. The Bertz CT molecular complexity index is 923. The van der Waals surface area contributed by atoms with Crippen LogP contribution in [0.4, 0.5) is 17.1 Å². The highest BCUT2D eigenvalue weighted by atomic mass is 16.6. The molecule has 2 aromatic carbocycles. The van der Waals surface area contributed by atoms with Crippen molar-refractivity contribution in [1.29, 1.82) is 0 Å². The molecular formula is C19H17N3O5. The lowest BCUT2D eigenvalue weighted by Gasteiger charge is -2.16. The first kappa shape index (κ1) is 18.2. The lowest BCUT2D eigenvalue weighted by atomic mass is 10.1. The van der Waals surface area contributed by atoms with Gasteiger partial charge in [-0.15, -0.1) is 0 Å². The first-order valence-electron chi connectivity index (χ1n) is 8.32. The summed E-state index contributed by atoms with van der Waals surface area (Å²) in [4.78, 5) is 47.9. The fourth-order valence-corrected chi connectivity index (χ4v) is 2.95. The van der Waals surface area contributed by atoms with Gasteiger partial charge >= 0.3 is 0 Å². The van der Waals surface area contributed by atoms with E-state index in [0.29, 0.717) is 16.9 Å². The highest BCUT2D eigenvalue weighted by Crippen LogP contribution is 2.27. The molecule has 8 heteroatoms. The number of rotatable bonds is 5. The van der Waals surface area contributed by atoms with Gasteiger partial charge in [0.2, 0.25) is 11.8 Å². The Morgan fingerprint density at radius 1 is 1.19 bits per heavy atom. The number of nitrogens with one attached hydrogen (secondary N) is 1. The van der Waals surface area contributed by atoms with E-state index in [1.165, 1.54) is 36.1 Å². The molecule has 1 aliphatic rings. The van der Waals surface area contributed by atoms with Crippen LogP contribution in [0.2, 0.25) is 0 Å². The predicted molar refractivity (Wildman–Crippen MR) is 98.6 cm³/mol. The standard InChI is InChI=1S/C19H17N3O5/c1-12(23)13-3-2-4-15(9-13)20-19(25)14-10-18(24)21(11-14)16-5-7-17(8-6-16)22(26)27/h2-9,14H,10-11H2,1H3,(H,20,25)/t14-/m1/s1. The van der Waals surface area contributed by atoms with E-state index in [9.17, 15) is 24.5 Å². The summed E-state index contributed by atoms with van der Waals surface area (Å²) in [6.07, 6.45) is 0.0508. The molecule has 1 aliphatic heterocycles. The van der Waals surface area contributed by atoms with Gasteiger partial charge in [0.25, 0.3) is 5.69 Å². The van der Waals surface area contributed by atoms with E-state index >= 15 is 0 Å². The van der Waals surface area contributed by atoms with Gasteiger partial charge in [-0.25, -0.2) is 0 Å². The minimum Gasteiger partial charge on any atom is -0.326 e. The fraction of sp³-hybridized carbons (Fsp3) is 0.211. The van der Waals surface area contributed by atoms with Crippen LogP contribution in [0.25, 0.3) is 0 Å². The highest BCUT2D eigenvalue weighted by Gasteiger charge is 2.35. The zero-order chi connectivity index (χ0) is 19.6.